The van der Waals surface area contributed by atoms with E-state index in [0.717, 1.165) is 5.56 Å². The summed E-state index contributed by atoms with van der Waals surface area (Å²) in [5, 5.41) is 2.84. The van der Waals surface area contributed by atoms with E-state index in [-0.39, 0.29) is 0 Å². The molecule has 0 saturated heterocycles. The molecule has 1 aromatic carbocycles. The van der Waals surface area contributed by atoms with Crippen LogP contribution in [0.3, 0.4) is 0 Å². The van der Waals surface area contributed by atoms with Crippen molar-refractivity contribution in [2.24, 2.45) is 0 Å². The van der Waals surface area contributed by atoms with E-state index in [4.69, 9.17) is 9.39 Å². The van der Waals surface area contributed by atoms with Gasteiger partial charge in [0.05, 0.1) is 12.8 Å². The van der Waals surface area contributed by atoms with Crippen LogP contribution in [-0.2, 0) is 19.0 Å². The van der Waals surface area contributed by atoms with Gasteiger partial charge in [-0.15, -0.1) is 0 Å². The average molecular weight is 276 g/mol. The molecule has 0 aliphatic rings. The molecular formula is C13H15BNO5. The number of nitrogens with one attached hydrogen (secondary N) is 1. The molecular weight excluding hydrogens is 261 g/mol. The molecule has 0 amide bonds. The van der Waals surface area contributed by atoms with Crippen molar-refractivity contribution < 1.29 is 23.7 Å². The summed E-state index contributed by atoms with van der Waals surface area (Å²) in [5.41, 5.74) is 1.27. The number of benzene rings is 1. The minimum absolute atomic E-state index is 0.362. The van der Waals surface area contributed by atoms with Crippen LogP contribution in [0.1, 0.15) is 12.5 Å². The second-order valence-electron chi connectivity index (χ2n) is 3.70. The Kier molecular flexibility index (Phi) is 6.32. The van der Waals surface area contributed by atoms with Crippen LogP contribution in [0.15, 0.2) is 24.3 Å². The van der Waals surface area contributed by atoms with Crippen molar-refractivity contribution in [3.63, 3.8) is 0 Å². The molecule has 1 rings (SSSR count). The topological polar surface area (TPSA) is 73.9 Å². The molecule has 0 atom stereocenters. The van der Waals surface area contributed by atoms with Crippen molar-refractivity contribution in [2.45, 2.75) is 6.92 Å². The molecule has 20 heavy (non-hydrogen) atoms. The fourth-order valence-corrected chi connectivity index (χ4v) is 1.36. The maximum atomic E-state index is 11.0. The van der Waals surface area contributed by atoms with Gasteiger partial charge < -0.3 is 19.4 Å². The monoisotopic (exact) mass is 276 g/mol. The van der Waals surface area contributed by atoms with E-state index in [1.54, 1.807) is 24.3 Å². The van der Waals surface area contributed by atoms with Gasteiger partial charge in [0.2, 0.25) is 0 Å². The molecule has 0 fully saturated rings. The lowest BCUT2D eigenvalue weighted by Crippen LogP contribution is -2.11. The van der Waals surface area contributed by atoms with Gasteiger partial charge in [-0.1, -0.05) is 6.07 Å². The van der Waals surface area contributed by atoms with Gasteiger partial charge in [-0.3, -0.25) is 4.79 Å². The molecule has 6 nitrogen and oxygen atoms in total. The van der Waals surface area contributed by atoms with Gasteiger partial charge in [0.1, 0.15) is 0 Å². The summed E-state index contributed by atoms with van der Waals surface area (Å²) < 4.78 is 14.4. The molecule has 0 aliphatic heterocycles. The van der Waals surface area contributed by atoms with Gasteiger partial charge in [0.15, 0.2) is 5.75 Å². The first-order valence-electron chi connectivity index (χ1n) is 5.76. The second-order valence-corrected chi connectivity index (χ2v) is 3.70. The highest BCUT2D eigenvalue weighted by atomic mass is 16.5. The third-order valence-corrected chi connectivity index (χ3v) is 2.20. The molecule has 0 aromatic heterocycles. The quantitative estimate of drug-likeness (QED) is 0.366. The largest absolute Gasteiger partial charge is 0.466 e. The Labute approximate surface area is 118 Å². The number of anilines is 1. The Hall–Kier alpha value is -2.28. The lowest BCUT2D eigenvalue weighted by Gasteiger charge is -2.10. The second kappa shape index (κ2) is 8.01. The Morgan fingerprint density at radius 2 is 2.05 bits per heavy atom. The Morgan fingerprint density at radius 3 is 2.65 bits per heavy atom. The first-order chi connectivity index (χ1) is 9.56. The summed E-state index contributed by atoms with van der Waals surface area (Å²) in [6.07, 6.45) is 2.88. The first-order valence-corrected chi connectivity index (χ1v) is 5.76. The predicted molar refractivity (Wildman–Crippen MR) is 75.2 cm³/mol. The van der Waals surface area contributed by atoms with Crippen molar-refractivity contribution in [2.75, 3.05) is 19.4 Å². The number of methoxy groups -OCH3 is 1. The SMILES string of the molecule is CO[B]Nc1cc(/C=C/C(=O)OC)ccc1OC(C)=O. The first kappa shape index (κ1) is 15.8. The maximum absolute atomic E-state index is 11.0. The number of ether oxygens (including phenoxy) is 2. The van der Waals surface area contributed by atoms with Gasteiger partial charge >= 0.3 is 19.6 Å². The fraction of sp³-hybridized carbons (Fsp3) is 0.231. The fourth-order valence-electron chi connectivity index (χ4n) is 1.36. The average Bonchev–Trinajstić information content (AvgIpc) is 2.43. The number of carbonyl (C=O) groups excluding carboxylic acids is 2. The minimum atomic E-state index is -0.452. The summed E-state index contributed by atoms with van der Waals surface area (Å²) in [5.74, 6) is -0.517. The molecule has 1 N–H and O–H groups in total. The molecule has 0 heterocycles. The number of hydrogen-bond acceptors (Lipinski definition) is 6. The number of rotatable bonds is 6. The smallest absolute Gasteiger partial charge is 0.436 e. The van der Waals surface area contributed by atoms with Crippen molar-refractivity contribution in [3.8, 4) is 5.75 Å². The standard InChI is InChI=1S/C13H15BNO5/c1-9(16)20-12-6-4-10(5-7-13(17)18-2)8-11(12)15-14-19-3/h4-8,15H,1-3H3/b7-5+. The Bertz CT molecular complexity index is 515. The van der Waals surface area contributed by atoms with Gasteiger partial charge in [0.25, 0.3) is 0 Å². The van der Waals surface area contributed by atoms with E-state index in [0.29, 0.717) is 11.4 Å². The van der Waals surface area contributed by atoms with Crippen LogP contribution in [0.25, 0.3) is 6.08 Å². The van der Waals surface area contributed by atoms with Crippen LogP contribution in [0, 0.1) is 0 Å². The molecule has 0 spiro atoms. The lowest BCUT2D eigenvalue weighted by atomic mass is 10.1. The molecule has 0 aliphatic carbocycles. The minimum Gasteiger partial charge on any atom is -0.466 e. The Balaban J connectivity index is 2.97. The van der Waals surface area contributed by atoms with Gasteiger partial charge in [0, 0.05) is 20.1 Å². The van der Waals surface area contributed by atoms with Crippen LogP contribution in [0.5, 0.6) is 5.75 Å². The van der Waals surface area contributed by atoms with E-state index in [9.17, 15) is 9.59 Å². The van der Waals surface area contributed by atoms with Crippen LogP contribution in [0.4, 0.5) is 5.69 Å². The van der Waals surface area contributed by atoms with Crippen LogP contribution < -0.4 is 9.96 Å². The van der Waals surface area contributed by atoms with Crippen molar-refractivity contribution in [3.05, 3.63) is 29.8 Å². The molecule has 1 aromatic rings. The van der Waals surface area contributed by atoms with Crippen molar-refractivity contribution in [1.82, 2.24) is 0 Å². The van der Waals surface area contributed by atoms with E-state index in [1.807, 2.05) is 0 Å². The highest BCUT2D eigenvalue weighted by Crippen LogP contribution is 2.26. The predicted octanol–water partition coefficient (Wildman–Crippen LogP) is 1.39. The molecule has 105 valence electrons. The zero-order chi connectivity index (χ0) is 15.0. The summed E-state index contributed by atoms with van der Waals surface area (Å²) >= 11 is 0. The van der Waals surface area contributed by atoms with E-state index < -0.39 is 11.9 Å². The normalized spacial score (nSPS) is 10.2. The number of carbonyl (C=O) groups is 2. The molecule has 0 saturated carbocycles. The summed E-state index contributed by atoms with van der Waals surface area (Å²) in [6, 6.07) is 5.02. The summed E-state index contributed by atoms with van der Waals surface area (Å²) in [4.78, 5) is 22.0. The number of esters is 2. The van der Waals surface area contributed by atoms with E-state index in [2.05, 4.69) is 9.96 Å². The zero-order valence-corrected chi connectivity index (χ0v) is 11.5. The highest BCUT2D eigenvalue weighted by molar-refractivity contribution is 6.32. The third kappa shape index (κ3) is 5.15. The molecule has 0 unspecified atom stereocenters. The summed E-state index contributed by atoms with van der Waals surface area (Å²) in [7, 11) is 4.13. The van der Waals surface area contributed by atoms with Crippen LogP contribution in [0.2, 0.25) is 0 Å². The van der Waals surface area contributed by atoms with Crippen molar-refractivity contribution >= 4 is 31.3 Å². The summed E-state index contributed by atoms with van der Waals surface area (Å²) in [6.45, 7) is 1.31. The van der Waals surface area contributed by atoms with E-state index in [1.165, 1.54) is 34.8 Å². The van der Waals surface area contributed by atoms with Crippen LogP contribution in [-0.4, -0.2) is 33.8 Å². The molecule has 1 radical (unpaired) electrons. The van der Waals surface area contributed by atoms with Crippen molar-refractivity contribution in [1.29, 1.82) is 0 Å². The van der Waals surface area contributed by atoms with Gasteiger partial charge in [-0.25, -0.2) is 4.79 Å². The maximum Gasteiger partial charge on any atom is 0.436 e. The van der Waals surface area contributed by atoms with Gasteiger partial charge in [-0.2, -0.15) is 0 Å². The molecule has 0 bridgehead atoms. The number of hydrogen-bond donors (Lipinski definition) is 1. The van der Waals surface area contributed by atoms with Gasteiger partial charge in [-0.05, 0) is 23.8 Å². The van der Waals surface area contributed by atoms with Crippen LogP contribution >= 0.6 is 0 Å². The lowest BCUT2D eigenvalue weighted by molar-refractivity contribution is -0.135. The highest BCUT2D eigenvalue weighted by Gasteiger charge is 2.07. The Morgan fingerprint density at radius 1 is 1.30 bits per heavy atom. The third-order valence-electron chi connectivity index (χ3n) is 2.20. The zero-order valence-electron chi connectivity index (χ0n) is 11.5. The van der Waals surface area contributed by atoms with E-state index >= 15 is 0 Å². The molecule has 7 heteroatoms.